The molecule has 0 N–H and O–H groups in total. The molecule has 0 heterocycles. The van der Waals surface area contributed by atoms with Gasteiger partial charge in [0, 0.05) is 16.8 Å². The van der Waals surface area contributed by atoms with Crippen molar-refractivity contribution < 1.29 is 0 Å². The van der Waals surface area contributed by atoms with Gasteiger partial charge in [0.05, 0.1) is 5.69 Å². The molecule has 1 aliphatic rings. The molecule has 0 radical (unpaired) electrons. The van der Waals surface area contributed by atoms with Gasteiger partial charge in [-0.3, -0.25) is 0 Å². The molecule has 10 rings (SSSR count). The van der Waals surface area contributed by atoms with Crippen molar-refractivity contribution in [3.8, 4) is 44.5 Å². The zero-order chi connectivity index (χ0) is 36.2. The number of hydrogen-bond donors (Lipinski definition) is 0. The first kappa shape index (κ1) is 32.0. The number of fused-ring (bicyclic) bond motifs is 6. The summed E-state index contributed by atoms with van der Waals surface area (Å²) in [5.74, 6) is 0. The zero-order valence-corrected chi connectivity index (χ0v) is 30.5. The molecule has 1 aliphatic carbocycles. The van der Waals surface area contributed by atoms with Gasteiger partial charge in [-0.1, -0.05) is 178 Å². The van der Waals surface area contributed by atoms with E-state index in [1.165, 1.54) is 82.9 Å². The fourth-order valence-electron chi connectivity index (χ4n) is 8.91. The van der Waals surface area contributed by atoms with Gasteiger partial charge in [0.25, 0.3) is 0 Å². The van der Waals surface area contributed by atoms with Crippen molar-refractivity contribution in [3.63, 3.8) is 0 Å². The monoisotopic (exact) mass is 689 g/mol. The van der Waals surface area contributed by atoms with Crippen LogP contribution in [0.2, 0.25) is 0 Å². The van der Waals surface area contributed by atoms with Crippen LogP contribution < -0.4 is 4.90 Å². The van der Waals surface area contributed by atoms with Gasteiger partial charge < -0.3 is 4.90 Å². The summed E-state index contributed by atoms with van der Waals surface area (Å²) in [6.45, 7) is 4.75. The molecule has 0 spiro atoms. The molecule has 256 valence electrons. The second-order valence-electron chi connectivity index (χ2n) is 14.9. The van der Waals surface area contributed by atoms with Crippen LogP contribution in [0.5, 0.6) is 0 Å². The van der Waals surface area contributed by atoms with E-state index in [4.69, 9.17) is 0 Å². The van der Waals surface area contributed by atoms with Crippen molar-refractivity contribution in [1.29, 1.82) is 0 Å². The highest BCUT2D eigenvalue weighted by Gasteiger charge is 2.38. The summed E-state index contributed by atoms with van der Waals surface area (Å²) >= 11 is 0. The summed E-state index contributed by atoms with van der Waals surface area (Å²) in [6.07, 6.45) is 0. The Morgan fingerprint density at radius 1 is 0.352 bits per heavy atom. The van der Waals surface area contributed by atoms with Crippen molar-refractivity contribution in [2.45, 2.75) is 19.3 Å². The van der Waals surface area contributed by atoms with Gasteiger partial charge in [-0.05, 0) is 114 Å². The van der Waals surface area contributed by atoms with Gasteiger partial charge in [0.1, 0.15) is 0 Å². The average molecular weight is 690 g/mol. The molecular formula is C53H39N. The van der Waals surface area contributed by atoms with E-state index < -0.39 is 0 Å². The number of anilines is 3. The molecule has 0 fully saturated rings. The van der Waals surface area contributed by atoms with Crippen LogP contribution in [0.25, 0.3) is 66.1 Å². The molecule has 9 aromatic carbocycles. The molecule has 54 heavy (non-hydrogen) atoms. The first-order chi connectivity index (χ1) is 26.6. The first-order valence-corrected chi connectivity index (χ1v) is 18.9. The predicted octanol–water partition coefficient (Wildman–Crippen LogP) is 14.8. The summed E-state index contributed by atoms with van der Waals surface area (Å²) < 4.78 is 0. The topological polar surface area (TPSA) is 3.24 Å². The van der Waals surface area contributed by atoms with E-state index in [-0.39, 0.29) is 5.41 Å². The van der Waals surface area contributed by atoms with E-state index >= 15 is 0 Å². The molecule has 1 heteroatoms. The molecule has 0 bridgehead atoms. The molecule has 0 saturated heterocycles. The molecule has 0 aromatic heterocycles. The molecule has 0 saturated carbocycles. The second kappa shape index (κ2) is 12.8. The minimum absolute atomic E-state index is 0.184. The highest BCUT2D eigenvalue weighted by Crippen LogP contribution is 2.54. The van der Waals surface area contributed by atoms with E-state index in [9.17, 15) is 0 Å². The van der Waals surface area contributed by atoms with Crippen LogP contribution >= 0.6 is 0 Å². The van der Waals surface area contributed by atoms with Gasteiger partial charge in [-0.25, -0.2) is 0 Å². The van der Waals surface area contributed by atoms with Crippen LogP contribution in [0, 0.1) is 0 Å². The first-order valence-electron chi connectivity index (χ1n) is 18.9. The fraction of sp³-hybridized carbons (Fsp3) is 0.0566. The Hall–Kier alpha value is -6.70. The van der Waals surface area contributed by atoms with Gasteiger partial charge >= 0.3 is 0 Å². The Bertz CT molecular complexity index is 2830. The molecule has 9 aromatic rings. The third kappa shape index (κ3) is 5.16. The minimum atomic E-state index is -0.184. The maximum Gasteiger partial charge on any atom is 0.0508 e. The summed E-state index contributed by atoms with van der Waals surface area (Å²) in [7, 11) is 0. The SMILES string of the molecule is CC1(C)c2ccccc2-c2cccc(N(c3ccc(-c4cc5ccccc5c5ccccc45)cc3)c3ccc(-c4ccccc4)c(-c4ccccc4)c3)c21. The van der Waals surface area contributed by atoms with Crippen molar-refractivity contribution >= 4 is 38.6 Å². The lowest BCUT2D eigenvalue weighted by Gasteiger charge is -2.32. The van der Waals surface area contributed by atoms with E-state index in [1.54, 1.807) is 0 Å². The van der Waals surface area contributed by atoms with Gasteiger partial charge in [-0.15, -0.1) is 0 Å². The van der Waals surface area contributed by atoms with Gasteiger partial charge in [-0.2, -0.15) is 0 Å². The normalized spacial score (nSPS) is 12.8. The molecule has 0 atom stereocenters. The molecule has 0 unspecified atom stereocenters. The van der Waals surface area contributed by atoms with E-state index in [2.05, 4.69) is 219 Å². The smallest absolute Gasteiger partial charge is 0.0508 e. The average Bonchev–Trinajstić information content (AvgIpc) is 3.48. The summed E-state index contributed by atoms with van der Waals surface area (Å²) in [4.78, 5) is 2.48. The zero-order valence-electron chi connectivity index (χ0n) is 30.5. The van der Waals surface area contributed by atoms with Crippen molar-refractivity contribution in [2.24, 2.45) is 0 Å². The van der Waals surface area contributed by atoms with Crippen LogP contribution in [0.15, 0.2) is 200 Å². The number of nitrogens with zero attached hydrogens (tertiary/aromatic N) is 1. The summed E-state index contributed by atoms with van der Waals surface area (Å²) in [5, 5.41) is 5.09. The van der Waals surface area contributed by atoms with E-state index in [0.29, 0.717) is 0 Å². The number of rotatable bonds is 6. The quantitative estimate of drug-likeness (QED) is 0.157. The maximum absolute atomic E-state index is 2.48. The lowest BCUT2D eigenvalue weighted by Crippen LogP contribution is -2.20. The van der Waals surface area contributed by atoms with E-state index in [1.807, 2.05) is 0 Å². The summed E-state index contributed by atoms with van der Waals surface area (Å²) in [6, 6.07) is 73.4. The molecule has 0 aliphatic heterocycles. The Morgan fingerprint density at radius 2 is 0.926 bits per heavy atom. The van der Waals surface area contributed by atoms with Gasteiger partial charge in [0.15, 0.2) is 0 Å². The minimum Gasteiger partial charge on any atom is -0.310 e. The second-order valence-corrected chi connectivity index (χ2v) is 14.9. The van der Waals surface area contributed by atoms with E-state index in [0.717, 1.165) is 11.4 Å². The number of hydrogen-bond acceptors (Lipinski definition) is 1. The maximum atomic E-state index is 2.48. The Kier molecular flexibility index (Phi) is 7.56. The predicted molar refractivity (Wildman–Crippen MR) is 230 cm³/mol. The largest absolute Gasteiger partial charge is 0.310 e. The third-order valence-electron chi connectivity index (χ3n) is 11.4. The Balaban J connectivity index is 1.19. The number of benzene rings is 9. The van der Waals surface area contributed by atoms with Crippen LogP contribution in [0.3, 0.4) is 0 Å². The van der Waals surface area contributed by atoms with Crippen LogP contribution in [-0.4, -0.2) is 0 Å². The highest BCUT2D eigenvalue weighted by molar-refractivity contribution is 6.13. The standard InChI is InChI=1S/C53H39N/c1-53(2)50-26-14-13-24-46(50)47-25-15-27-51(52(47)53)54(41-32-33-43(36-16-5-3-6-17-36)49(35-41)37-18-7-4-8-19-37)40-30-28-38(29-31-40)48-34-39-20-9-10-21-42(39)44-22-11-12-23-45(44)48/h3-35H,1-2H3. The lowest BCUT2D eigenvalue weighted by atomic mass is 9.81. The Labute approximate surface area is 317 Å². The third-order valence-corrected chi connectivity index (χ3v) is 11.4. The van der Waals surface area contributed by atoms with Crippen LogP contribution in [0.1, 0.15) is 25.0 Å². The summed E-state index contributed by atoms with van der Waals surface area (Å²) in [5.41, 5.74) is 15.9. The molecule has 0 amide bonds. The molecular weight excluding hydrogens is 651 g/mol. The van der Waals surface area contributed by atoms with Gasteiger partial charge in [0.2, 0.25) is 0 Å². The fourth-order valence-corrected chi connectivity index (χ4v) is 8.91. The van der Waals surface area contributed by atoms with Crippen LogP contribution in [-0.2, 0) is 5.41 Å². The van der Waals surface area contributed by atoms with Crippen molar-refractivity contribution in [1.82, 2.24) is 0 Å². The van der Waals surface area contributed by atoms with Crippen LogP contribution in [0.4, 0.5) is 17.1 Å². The highest BCUT2D eigenvalue weighted by atomic mass is 15.1. The van der Waals surface area contributed by atoms with Crippen molar-refractivity contribution in [2.75, 3.05) is 4.90 Å². The molecule has 1 nitrogen and oxygen atoms in total. The Morgan fingerprint density at radius 3 is 1.69 bits per heavy atom. The van der Waals surface area contributed by atoms with Crippen molar-refractivity contribution in [3.05, 3.63) is 211 Å². The lowest BCUT2D eigenvalue weighted by molar-refractivity contribution is 0.661.